The predicted octanol–water partition coefficient (Wildman–Crippen LogP) is 2.22. The third-order valence-corrected chi connectivity index (χ3v) is 2.43. The second-order valence-electron chi connectivity index (χ2n) is 4.75. The number of aliphatic hydroxyl groups excluding tert-OH is 1. The first-order valence-electron chi connectivity index (χ1n) is 4.90. The highest BCUT2D eigenvalue weighted by atomic mass is 16.3. The van der Waals surface area contributed by atoms with Crippen LogP contribution in [0.2, 0.25) is 0 Å². The van der Waals surface area contributed by atoms with Gasteiger partial charge in [-0.15, -0.1) is 0 Å². The van der Waals surface area contributed by atoms with E-state index in [9.17, 15) is 0 Å². The van der Waals surface area contributed by atoms with Gasteiger partial charge in [0.1, 0.15) is 0 Å². The molecule has 0 amide bonds. The van der Waals surface area contributed by atoms with Crippen LogP contribution in [-0.4, -0.2) is 5.11 Å². The molecule has 3 N–H and O–H groups in total. The zero-order valence-electron chi connectivity index (χ0n) is 9.12. The third-order valence-electron chi connectivity index (χ3n) is 2.43. The van der Waals surface area contributed by atoms with Crippen LogP contribution in [0.3, 0.4) is 0 Å². The van der Waals surface area contributed by atoms with Gasteiger partial charge in [-0.25, -0.2) is 0 Å². The van der Waals surface area contributed by atoms with Gasteiger partial charge in [0, 0.05) is 6.04 Å². The summed E-state index contributed by atoms with van der Waals surface area (Å²) in [6.45, 7) is 6.42. The molecule has 0 unspecified atom stereocenters. The number of hydrogen-bond acceptors (Lipinski definition) is 2. The van der Waals surface area contributed by atoms with Crippen LogP contribution in [0, 0.1) is 5.41 Å². The molecule has 2 nitrogen and oxygen atoms in total. The molecule has 0 bridgehead atoms. The lowest BCUT2D eigenvalue weighted by Crippen LogP contribution is -2.26. The Bertz CT molecular complexity index is 301. The van der Waals surface area contributed by atoms with E-state index >= 15 is 0 Å². The maximum absolute atomic E-state index is 9.01. The third kappa shape index (κ3) is 2.56. The van der Waals surface area contributed by atoms with Crippen LogP contribution >= 0.6 is 0 Å². The quantitative estimate of drug-likeness (QED) is 0.756. The molecule has 1 aromatic carbocycles. The average molecular weight is 193 g/mol. The van der Waals surface area contributed by atoms with Crippen LogP contribution in [-0.2, 0) is 6.61 Å². The minimum Gasteiger partial charge on any atom is -0.392 e. The Hall–Kier alpha value is -0.860. The van der Waals surface area contributed by atoms with E-state index in [0.29, 0.717) is 0 Å². The molecule has 2 heteroatoms. The van der Waals surface area contributed by atoms with Gasteiger partial charge in [-0.1, -0.05) is 45.0 Å². The normalized spacial score (nSPS) is 14.1. The van der Waals surface area contributed by atoms with Gasteiger partial charge in [0.25, 0.3) is 0 Å². The molecular weight excluding hydrogens is 174 g/mol. The van der Waals surface area contributed by atoms with E-state index in [1.54, 1.807) is 0 Å². The molecule has 14 heavy (non-hydrogen) atoms. The largest absolute Gasteiger partial charge is 0.392 e. The van der Waals surface area contributed by atoms with Gasteiger partial charge in [-0.2, -0.15) is 0 Å². The molecule has 0 heterocycles. The smallest absolute Gasteiger partial charge is 0.0681 e. The zero-order chi connectivity index (χ0) is 10.8. The van der Waals surface area contributed by atoms with Crippen molar-refractivity contribution in [1.29, 1.82) is 0 Å². The van der Waals surface area contributed by atoms with Crippen LogP contribution < -0.4 is 5.73 Å². The standard InChI is InChI=1S/C12H19NO/c1-12(2,3)11(13)10-6-4-5-9(7-10)8-14/h4-7,11,14H,8,13H2,1-3H3/t11-/m0/s1. The summed E-state index contributed by atoms with van der Waals surface area (Å²) in [6, 6.07) is 7.82. The molecule has 0 spiro atoms. The summed E-state index contributed by atoms with van der Waals surface area (Å²) in [5.74, 6) is 0. The van der Waals surface area contributed by atoms with Gasteiger partial charge in [-0.3, -0.25) is 0 Å². The van der Waals surface area contributed by atoms with E-state index in [-0.39, 0.29) is 18.1 Å². The lowest BCUT2D eigenvalue weighted by atomic mass is 9.83. The first-order chi connectivity index (χ1) is 6.45. The van der Waals surface area contributed by atoms with Gasteiger partial charge < -0.3 is 10.8 Å². The monoisotopic (exact) mass is 193 g/mol. The summed E-state index contributed by atoms with van der Waals surface area (Å²) < 4.78 is 0. The van der Waals surface area contributed by atoms with Crippen molar-refractivity contribution in [2.45, 2.75) is 33.4 Å². The maximum atomic E-state index is 9.01. The van der Waals surface area contributed by atoms with Crippen molar-refractivity contribution >= 4 is 0 Å². The molecule has 78 valence electrons. The summed E-state index contributed by atoms with van der Waals surface area (Å²) in [5.41, 5.74) is 8.17. The SMILES string of the molecule is CC(C)(C)[C@@H](N)c1cccc(CO)c1. The summed E-state index contributed by atoms with van der Waals surface area (Å²) >= 11 is 0. The molecule has 1 aromatic rings. The van der Waals surface area contributed by atoms with E-state index in [1.165, 1.54) is 0 Å². The number of aliphatic hydroxyl groups is 1. The molecule has 1 atom stereocenters. The van der Waals surface area contributed by atoms with Gasteiger partial charge >= 0.3 is 0 Å². The Labute approximate surface area is 85.8 Å². The van der Waals surface area contributed by atoms with Gasteiger partial charge in [0.2, 0.25) is 0 Å². The van der Waals surface area contributed by atoms with Gasteiger partial charge in [0.05, 0.1) is 6.61 Å². The Balaban J connectivity index is 2.95. The molecule has 0 aliphatic carbocycles. The summed E-state index contributed by atoms with van der Waals surface area (Å²) in [4.78, 5) is 0. The number of rotatable bonds is 2. The van der Waals surface area contributed by atoms with E-state index in [0.717, 1.165) is 11.1 Å². The van der Waals surface area contributed by atoms with Gasteiger partial charge in [0.15, 0.2) is 0 Å². The van der Waals surface area contributed by atoms with Crippen molar-refractivity contribution in [2.75, 3.05) is 0 Å². The summed E-state index contributed by atoms with van der Waals surface area (Å²) in [5, 5.41) is 9.01. The van der Waals surface area contributed by atoms with E-state index in [1.807, 2.05) is 24.3 Å². The summed E-state index contributed by atoms with van der Waals surface area (Å²) in [7, 11) is 0. The predicted molar refractivity (Wildman–Crippen MR) is 58.7 cm³/mol. The fraction of sp³-hybridized carbons (Fsp3) is 0.500. The molecule has 0 saturated carbocycles. The van der Waals surface area contributed by atoms with Crippen LogP contribution in [0.15, 0.2) is 24.3 Å². The molecule has 0 aromatic heterocycles. The van der Waals surface area contributed by atoms with Crippen LogP contribution in [0.4, 0.5) is 0 Å². The maximum Gasteiger partial charge on any atom is 0.0681 e. The second-order valence-corrected chi connectivity index (χ2v) is 4.75. The Kier molecular flexibility index (Phi) is 3.29. The van der Waals surface area contributed by atoms with Crippen LogP contribution in [0.1, 0.15) is 37.9 Å². The van der Waals surface area contributed by atoms with Gasteiger partial charge in [-0.05, 0) is 16.5 Å². The minimum absolute atomic E-state index is 0.00833. The molecular formula is C12H19NO. The number of hydrogen-bond donors (Lipinski definition) is 2. The molecule has 0 aliphatic rings. The second kappa shape index (κ2) is 4.11. The van der Waals surface area contributed by atoms with Crippen molar-refractivity contribution in [3.8, 4) is 0 Å². The number of benzene rings is 1. The van der Waals surface area contributed by atoms with E-state index < -0.39 is 0 Å². The van der Waals surface area contributed by atoms with Crippen LogP contribution in [0.25, 0.3) is 0 Å². The highest BCUT2D eigenvalue weighted by Crippen LogP contribution is 2.30. The average Bonchev–Trinajstić information content (AvgIpc) is 2.15. The van der Waals surface area contributed by atoms with Crippen molar-refractivity contribution in [3.63, 3.8) is 0 Å². The fourth-order valence-corrected chi connectivity index (χ4v) is 1.38. The van der Waals surface area contributed by atoms with Crippen molar-refractivity contribution in [1.82, 2.24) is 0 Å². The first-order valence-corrected chi connectivity index (χ1v) is 4.90. The Morgan fingerprint density at radius 2 is 2.00 bits per heavy atom. The lowest BCUT2D eigenvalue weighted by molar-refractivity contribution is 0.281. The first kappa shape index (κ1) is 11.2. The molecule has 0 fully saturated rings. The van der Waals surface area contributed by atoms with Crippen molar-refractivity contribution in [3.05, 3.63) is 35.4 Å². The summed E-state index contributed by atoms with van der Waals surface area (Å²) in [6.07, 6.45) is 0. The van der Waals surface area contributed by atoms with Crippen molar-refractivity contribution < 1.29 is 5.11 Å². The fourth-order valence-electron chi connectivity index (χ4n) is 1.38. The highest BCUT2D eigenvalue weighted by Gasteiger charge is 2.22. The number of nitrogens with two attached hydrogens (primary N) is 1. The highest BCUT2D eigenvalue weighted by molar-refractivity contribution is 5.26. The lowest BCUT2D eigenvalue weighted by Gasteiger charge is -2.27. The zero-order valence-corrected chi connectivity index (χ0v) is 9.12. The van der Waals surface area contributed by atoms with E-state index in [4.69, 9.17) is 10.8 Å². The minimum atomic E-state index is 0.00833. The topological polar surface area (TPSA) is 46.2 Å². The van der Waals surface area contributed by atoms with E-state index in [2.05, 4.69) is 20.8 Å². The molecule has 1 rings (SSSR count). The molecule has 0 radical (unpaired) electrons. The van der Waals surface area contributed by atoms with Crippen molar-refractivity contribution in [2.24, 2.45) is 11.1 Å². The Morgan fingerprint density at radius 1 is 1.36 bits per heavy atom. The Morgan fingerprint density at radius 3 is 2.50 bits per heavy atom. The molecule has 0 aliphatic heterocycles. The molecule has 0 saturated heterocycles. The van der Waals surface area contributed by atoms with Crippen LogP contribution in [0.5, 0.6) is 0 Å².